The zero-order valence-electron chi connectivity index (χ0n) is 11.3. The minimum absolute atomic E-state index is 0. The number of nitrogens with two attached hydrogens (primary N) is 1. The van der Waals surface area contributed by atoms with E-state index in [0.717, 1.165) is 12.0 Å². The smallest absolute Gasteiger partial charge is 0.251 e. The number of nitrogens with one attached hydrogen (secondary N) is 1. The second-order valence-corrected chi connectivity index (χ2v) is 4.91. The predicted octanol–water partition coefficient (Wildman–Crippen LogP) is 2.73. The molecule has 3 nitrogen and oxygen atoms in total. The summed E-state index contributed by atoms with van der Waals surface area (Å²) in [4.78, 5) is 11.9. The molecule has 18 heavy (non-hydrogen) atoms. The fourth-order valence-electron chi connectivity index (χ4n) is 1.87. The molecule has 1 amide bonds. The topological polar surface area (TPSA) is 55.1 Å². The molecule has 0 aromatic heterocycles. The fourth-order valence-corrected chi connectivity index (χ4v) is 1.87. The Labute approximate surface area is 116 Å². The molecule has 0 fully saturated rings. The number of amides is 1. The molecule has 0 saturated carbocycles. The molecule has 0 spiro atoms. The zero-order valence-corrected chi connectivity index (χ0v) is 12.1. The number of hydrogen-bond donors (Lipinski definition) is 2. The Bertz CT molecular complexity index is 363. The molecule has 0 saturated heterocycles. The molecule has 1 rings (SSSR count). The van der Waals surface area contributed by atoms with Gasteiger partial charge in [0.2, 0.25) is 0 Å². The van der Waals surface area contributed by atoms with Crippen LogP contribution in [0.25, 0.3) is 0 Å². The number of hydrogen-bond acceptors (Lipinski definition) is 2. The average Bonchev–Trinajstić information content (AvgIpc) is 2.28. The lowest BCUT2D eigenvalue weighted by molar-refractivity contribution is 0.0936. The van der Waals surface area contributed by atoms with Gasteiger partial charge < -0.3 is 11.1 Å². The summed E-state index contributed by atoms with van der Waals surface area (Å²) in [6, 6.07) is 7.63. The van der Waals surface area contributed by atoms with Gasteiger partial charge in [0.15, 0.2) is 0 Å². The van der Waals surface area contributed by atoms with Crippen LogP contribution in [0.2, 0.25) is 0 Å². The van der Waals surface area contributed by atoms with Gasteiger partial charge in [-0.15, -0.1) is 12.4 Å². The largest absolute Gasteiger partial charge is 0.350 e. The van der Waals surface area contributed by atoms with E-state index in [-0.39, 0.29) is 24.4 Å². The van der Waals surface area contributed by atoms with E-state index in [0.29, 0.717) is 18.0 Å². The molecule has 0 radical (unpaired) electrons. The van der Waals surface area contributed by atoms with E-state index in [2.05, 4.69) is 19.2 Å². The highest BCUT2D eigenvalue weighted by atomic mass is 35.5. The number of halogens is 1. The predicted molar refractivity (Wildman–Crippen MR) is 78.0 cm³/mol. The van der Waals surface area contributed by atoms with E-state index in [1.807, 2.05) is 31.2 Å². The van der Waals surface area contributed by atoms with Crippen molar-refractivity contribution in [2.75, 3.05) is 0 Å². The first-order valence-electron chi connectivity index (χ1n) is 6.12. The van der Waals surface area contributed by atoms with Crippen molar-refractivity contribution < 1.29 is 4.79 Å². The molecule has 0 aliphatic carbocycles. The number of benzene rings is 1. The average molecular weight is 271 g/mol. The van der Waals surface area contributed by atoms with Crippen LogP contribution in [0.5, 0.6) is 0 Å². The van der Waals surface area contributed by atoms with Gasteiger partial charge >= 0.3 is 0 Å². The molecule has 1 unspecified atom stereocenters. The number of rotatable bonds is 5. The summed E-state index contributed by atoms with van der Waals surface area (Å²) in [5, 5.41) is 2.99. The highest BCUT2D eigenvalue weighted by Crippen LogP contribution is 2.07. The summed E-state index contributed by atoms with van der Waals surface area (Å²) >= 11 is 0. The van der Waals surface area contributed by atoms with Gasteiger partial charge in [0, 0.05) is 18.2 Å². The Balaban J connectivity index is 0.00000289. The molecule has 3 N–H and O–H groups in total. The summed E-state index contributed by atoms with van der Waals surface area (Å²) in [6.45, 7) is 6.84. The Morgan fingerprint density at radius 1 is 1.22 bits per heavy atom. The standard InChI is InChI=1S/C14H22N2O.ClH/c1-10(2)8-11(3)16-14(17)13-6-4-12(9-15)5-7-13;/h4-7,10-11H,8-9,15H2,1-3H3,(H,16,17);1H. The molecular formula is C14H23ClN2O. The van der Waals surface area contributed by atoms with Gasteiger partial charge in [-0.1, -0.05) is 26.0 Å². The summed E-state index contributed by atoms with van der Waals surface area (Å²) in [6.07, 6.45) is 0.993. The second kappa shape index (κ2) is 8.11. The van der Waals surface area contributed by atoms with E-state index in [9.17, 15) is 4.79 Å². The first-order valence-corrected chi connectivity index (χ1v) is 6.12. The number of carbonyl (C=O) groups is 1. The Kier molecular flexibility index (Phi) is 7.64. The normalized spacial score (nSPS) is 11.8. The summed E-state index contributed by atoms with van der Waals surface area (Å²) in [7, 11) is 0. The van der Waals surface area contributed by atoms with Crippen molar-refractivity contribution in [3.05, 3.63) is 35.4 Å². The minimum Gasteiger partial charge on any atom is -0.350 e. The third kappa shape index (κ3) is 5.52. The van der Waals surface area contributed by atoms with Crippen molar-refractivity contribution in [2.24, 2.45) is 11.7 Å². The van der Waals surface area contributed by atoms with Crippen LogP contribution in [-0.2, 0) is 6.54 Å². The zero-order chi connectivity index (χ0) is 12.8. The summed E-state index contributed by atoms with van der Waals surface area (Å²) in [5.74, 6) is 0.576. The van der Waals surface area contributed by atoms with E-state index < -0.39 is 0 Å². The minimum atomic E-state index is -0.0123. The Morgan fingerprint density at radius 3 is 2.22 bits per heavy atom. The molecule has 1 aromatic rings. The fraction of sp³-hybridized carbons (Fsp3) is 0.500. The molecule has 1 atom stereocenters. The van der Waals surface area contributed by atoms with E-state index in [1.165, 1.54) is 0 Å². The van der Waals surface area contributed by atoms with Crippen molar-refractivity contribution in [2.45, 2.75) is 39.8 Å². The molecule has 0 aliphatic rings. The SMILES string of the molecule is CC(C)CC(C)NC(=O)c1ccc(CN)cc1.Cl. The third-order valence-electron chi connectivity index (χ3n) is 2.65. The first-order chi connectivity index (χ1) is 8.02. The molecular weight excluding hydrogens is 248 g/mol. The van der Waals surface area contributed by atoms with Crippen LogP contribution >= 0.6 is 12.4 Å². The highest BCUT2D eigenvalue weighted by molar-refractivity contribution is 5.94. The Hall–Kier alpha value is -1.06. The maximum absolute atomic E-state index is 11.9. The lowest BCUT2D eigenvalue weighted by Gasteiger charge is -2.16. The van der Waals surface area contributed by atoms with Gasteiger partial charge in [-0.25, -0.2) is 0 Å². The maximum atomic E-state index is 11.9. The van der Waals surface area contributed by atoms with Crippen LogP contribution in [0.3, 0.4) is 0 Å². The van der Waals surface area contributed by atoms with Crippen LogP contribution < -0.4 is 11.1 Å². The van der Waals surface area contributed by atoms with Gasteiger partial charge in [-0.3, -0.25) is 4.79 Å². The van der Waals surface area contributed by atoms with Crippen molar-refractivity contribution >= 4 is 18.3 Å². The van der Waals surface area contributed by atoms with E-state index in [4.69, 9.17) is 5.73 Å². The van der Waals surface area contributed by atoms with Gasteiger partial charge in [0.1, 0.15) is 0 Å². The van der Waals surface area contributed by atoms with Crippen molar-refractivity contribution in [1.29, 1.82) is 0 Å². The van der Waals surface area contributed by atoms with Crippen molar-refractivity contribution in [3.63, 3.8) is 0 Å². The molecule has 0 heterocycles. The maximum Gasteiger partial charge on any atom is 0.251 e. The van der Waals surface area contributed by atoms with Crippen molar-refractivity contribution in [3.8, 4) is 0 Å². The monoisotopic (exact) mass is 270 g/mol. The Morgan fingerprint density at radius 2 is 1.78 bits per heavy atom. The lowest BCUT2D eigenvalue weighted by atomic mass is 10.0. The van der Waals surface area contributed by atoms with Gasteiger partial charge in [-0.05, 0) is 37.0 Å². The van der Waals surface area contributed by atoms with Crippen LogP contribution in [0, 0.1) is 5.92 Å². The van der Waals surface area contributed by atoms with Gasteiger partial charge in [-0.2, -0.15) is 0 Å². The quantitative estimate of drug-likeness (QED) is 0.864. The van der Waals surface area contributed by atoms with E-state index >= 15 is 0 Å². The number of carbonyl (C=O) groups excluding carboxylic acids is 1. The second-order valence-electron chi connectivity index (χ2n) is 4.91. The van der Waals surface area contributed by atoms with Gasteiger partial charge in [0.25, 0.3) is 5.91 Å². The lowest BCUT2D eigenvalue weighted by Crippen LogP contribution is -2.33. The van der Waals surface area contributed by atoms with Crippen LogP contribution in [0.4, 0.5) is 0 Å². The molecule has 1 aromatic carbocycles. The van der Waals surface area contributed by atoms with Crippen LogP contribution in [0.1, 0.15) is 43.1 Å². The highest BCUT2D eigenvalue weighted by Gasteiger charge is 2.10. The summed E-state index contributed by atoms with van der Waals surface area (Å²) < 4.78 is 0. The van der Waals surface area contributed by atoms with E-state index in [1.54, 1.807) is 0 Å². The summed E-state index contributed by atoms with van der Waals surface area (Å²) in [5.41, 5.74) is 7.24. The molecule has 0 bridgehead atoms. The van der Waals surface area contributed by atoms with Crippen LogP contribution in [0.15, 0.2) is 24.3 Å². The molecule has 4 heteroatoms. The first kappa shape index (κ1) is 16.9. The van der Waals surface area contributed by atoms with Crippen molar-refractivity contribution in [1.82, 2.24) is 5.32 Å². The van der Waals surface area contributed by atoms with Gasteiger partial charge in [0.05, 0.1) is 0 Å². The molecule has 102 valence electrons. The third-order valence-corrected chi connectivity index (χ3v) is 2.65. The van der Waals surface area contributed by atoms with Crippen LogP contribution in [-0.4, -0.2) is 11.9 Å². The molecule has 0 aliphatic heterocycles.